The Balaban J connectivity index is 1.27. The molecule has 0 spiro atoms. The SMILES string of the molecule is CC(=O)Nc1nsc(N2CCC(C(=O)N3CCN(c4ccccc4C)CC3)CC2)n1. The van der Waals surface area contributed by atoms with Gasteiger partial charge in [0.1, 0.15) is 0 Å². The topological polar surface area (TPSA) is 81.7 Å². The highest BCUT2D eigenvalue weighted by atomic mass is 32.1. The second-order valence-corrected chi connectivity index (χ2v) is 8.67. The number of nitrogens with one attached hydrogen (secondary N) is 1. The van der Waals surface area contributed by atoms with E-state index in [4.69, 9.17) is 0 Å². The summed E-state index contributed by atoms with van der Waals surface area (Å²) in [7, 11) is 0. The van der Waals surface area contributed by atoms with Crippen LogP contribution in [0.15, 0.2) is 24.3 Å². The van der Waals surface area contributed by atoms with Crippen molar-refractivity contribution in [3.63, 3.8) is 0 Å². The minimum absolute atomic E-state index is 0.0778. The quantitative estimate of drug-likeness (QED) is 0.805. The normalized spacial score (nSPS) is 17.9. The summed E-state index contributed by atoms with van der Waals surface area (Å²) in [4.78, 5) is 35.1. The summed E-state index contributed by atoms with van der Waals surface area (Å²) in [6.45, 7) is 8.48. The van der Waals surface area contributed by atoms with Gasteiger partial charge in [-0.2, -0.15) is 9.36 Å². The number of benzene rings is 1. The molecule has 1 N–H and O–H groups in total. The van der Waals surface area contributed by atoms with Gasteiger partial charge in [0, 0.05) is 69.3 Å². The van der Waals surface area contributed by atoms with Gasteiger partial charge < -0.3 is 14.7 Å². The first-order valence-corrected chi connectivity index (χ1v) is 11.2. The van der Waals surface area contributed by atoms with Crippen LogP contribution in [0.5, 0.6) is 0 Å². The van der Waals surface area contributed by atoms with Gasteiger partial charge in [-0.1, -0.05) is 18.2 Å². The number of hydrogen-bond acceptors (Lipinski definition) is 7. The first kappa shape index (κ1) is 20.6. The van der Waals surface area contributed by atoms with Crippen LogP contribution in [0.4, 0.5) is 16.8 Å². The number of rotatable bonds is 4. The number of piperazine rings is 1. The van der Waals surface area contributed by atoms with Crippen LogP contribution in [-0.4, -0.2) is 65.3 Å². The number of nitrogens with zero attached hydrogens (tertiary/aromatic N) is 5. The zero-order valence-corrected chi connectivity index (χ0v) is 18.3. The largest absolute Gasteiger partial charge is 0.368 e. The molecule has 0 bridgehead atoms. The number of para-hydroxylation sites is 1. The van der Waals surface area contributed by atoms with E-state index in [-0.39, 0.29) is 17.7 Å². The molecule has 0 aliphatic carbocycles. The van der Waals surface area contributed by atoms with Gasteiger partial charge in [0.25, 0.3) is 0 Å². The molecule has 9 heteroatoms. The Labute approximate surface area is 181 Å². The molecular weight excluding hydrogens is 400 g/mol. The molecule has 2 aliphatic heterocycles. The van der Waals surface area contributed by atoms with Gasteiger partial charge in [-0.15, -0.1) is 0 Å². The molecular formula is C21H28N6O2S. The molecule has 3 heterocycles. The molecule has 0 radical (unpaired) electrons. The van der Waals surface area contributed by atoms with Gasteiger partial charge in [-0.05, 0) is 31.4 Å². The van der Waals surface area contributed by atoms with Gasteiger partial charge >= 0.3 is 0 Å². The number of amides is 2. The maximum absolute atomic E-state index is 13.0. The number of aryl methyl sites for hydroxylation is 1. The van der Waals surface area contributed by atoms with Crippen LogP contribution in [0, 0.1) is 12.8 Å². The molecule has 1 aromatic carbocycles. The highest BCUT2D eigenvalue weighted by Gasteiger charge is 2.31. The van der Waals surface area contributed by atoms with Crippen molar-refractivity contribution in [1.29, 1.82) is 0 Å². The van der Waals surface area contributed by atoms with Crippen LogP contribution < -0.4 is 15.1 Å². The average Bonchev–Trinajstić information content (AvgIpc) is 3.22. The third kappa shape index (κ3) is 4.56. The van der Waals surface area contributed by atoms with E-state index >= 15 is 0 Å². The van der Waals surface area contributed by atoms with Crippen molar-refractivity contribution >= 4 is 40.1 Å². The number of aromatic nitrogens is 2. The van der Waals surface area contributed by atoms with E-state index in [2.05, 4.69) is 55.7 Å². The van der Waals surface area contributed by atoms with Crippen molar-refractivity contribution in [3.8, 4) is 0 Å². The van der Waals surface area contributed by atoms with E-state index in [9.17, 15) is 9.59 Å². The van der Waals surface area contributed by atoms with E-state index in [1.165, 1.54) is 29.7 Å². The zero-order chi connectivity index (χ0) is 21.1. The molecule has 1 aromatic heterocycles. The zero-order valence-electron chi connectivity index (χ0n) is 17.5. The van der Waals surface area contributed by atoms with Crippen molar-refractivity contribution in [3.05, 3.63) is 29.8 Å². The molecule has 2 aliphatic rings. The lowest BCUT2D eigenvalue weighted by molar-refractivity contribution is -0.136. The summed E-state index contributed by atoms with van der Waals surface area (Å²) < 4.78 is 4.17. The molecule has 8 nitrogen and oxygen atoms in total. The fourth-order valence-electron chi connectivity index (χ4n) is 4.21. The molecule has 2 fully saturated rings. The monoisotopic (exact) mass is 428 g/mol. The van der Waals surface area contributed by atoms with Crippen LogP contribution in [0.25, 0.3) is 0 Å². The molecule has 30 heavy (non-hydrogen) atoms. The summed E-state index contributed by atoms with van der Waals surface area (Å²) in [5, 5.41) is 3.41. The smallest absolute Gasteiger partial charge is 0.243 e. The maximum atomic E-state index is 13.0. The molecule has 2 aromatic rings. The van der Waals surface area contributed by atoms with Crippen molar-refractivity contribution < 1.29 is 9.59 Å². The number of carbonyl (C=O) groups excluding carboxylic acids is 2. The molecule has 2 saturated heterocycles. The van der Waals surface area contributed by atoms with E-state index in [0.717, 1.165) is 57.2 Å². The minimum Gasteiger partial charge on any atom is -0.368 e. The van der Waals surface area contributed by atoms with Gasteiger partial charge in [-0.3, -0.25) is 14.9 Å². The van der Waals surface area contributed by atoms with Crippen molar-refractivity contribution in [2.24, 2.45) is 5.92 Å². The summed E-state index contributed by atoms with van der Waals surface area (Å²) >= 11 is 1.28. The summed E-state index contributed by atoms with van der Waals surface area (Å²) in [5.41, 5.74) is 2.55. The van der Waals surface area contributed by atoms with Crippen molar-refractivity contribution in [1.82, 2.24) is 14.3 Å². The Morgan fingerprint density at radius 2 is 1.73 bits per heavy atom. The van der Waals surface area contributed by atoms with Gasteiger partial charge in [0.15, 0.2) is 0 Å². The number of hydrogen-bond donors (Lipinski definition) is 1. The number of carbonyl (C=O) groups is 2. The minimum atomic E-state index is -0.175. The number of anilines is 3. The van der Waals surface area contributed by atoms with Crippen LogP contribution in [0.3, 0.4) is 0 Å². The van der Waals surface area contributed by atoms with E-state index < -0.39 is 0 Å². The average molecular weight is 429 g/mol. The summed E-state index contributed by atoms with van der Waals surface area (Å²) in [6, 6.07) is 8.43. The fraction of sp³-hybridized carbons (Fsp3) is 0.524. The molecule has 0 atom stereocenters. The summed E-state index contributed by atoms with van der Waals surface area (Å²) in [5.74, 6) is 0.544. The Morgan fingerprint density at radius 1 is 1.03 bits per heavy atom. The van der Waals surface area contributed by atoms with Gasteiger partial charge in [-0.25, -0.2) is 0 Å². The molecule has 160 valence electrons. The van der Waals surface area contributed by atoms with Crippen molar-refractivity contribution in [2.75, 3.05) is 54.4 Å². The van der Waals surface area contributed by atoms with E-state index in [1.807, 2.05) is 4.90 Å². The van der Waals surface area contributed by atoms with Crippen LogP contribution in [-0.2, 0) is 9.59 Å². The lowest BCUT2D eigenvalue weighted by Crippen LogP contribution is -2.51. The lowest BCUT2D eigenvalue weighted by atomic mass is 9.95. The Kier molecular flexibility index (Phi) is 6.17. The van der Waals surface area contributed by atoms with E-state index in [1.54, 1.807) is 0 Å². The van der Waals surface area contributed by atoms with E-state index in [0.29, 0.717) is 5.95 Å². The Bertz CT molecular complexity index is 900. The molecule has 4 rings (SSSR count). The Hall–Kier alpha value is -2.68. The van der Waals surface area contributed by atoms with Gasteiger partial charge in [0.2, 0.25) is 22.9 Å². The standard InChI is InChI=1S/C21H28N6O2S/c1-15-5-3-4-6-18(15)25-11-13-26(14-12-25)19(29)17-7-9-27(10-8-17)21-23-20(24-30-21)22-16(2)28/h3-6,17H,7-14H2,1-2H3,(H,22,24,28). The molecule has 2 amide bonds. The fourth-order valence-corrected chi connectivity index (χ4v) is 4.89. The predicted octanol–water partition coefficient (Wildman–Crippen LogP) is 2.37. The first-order valence-electron chi connectivity index (χ1n) is 10.5. The van der Waals surface area contributed by atoms with Gasteiger partial charge in [0.05, 0.1) is 0 Å². The van der Waals surface area contributed by atoms with Crippen molar-refractivity contribution in [2.45, 2.75) is 26.7 Å². The predicted molar refractivity (Wildman–Crippen MR) is 119 cm³/mol. The third-order valence-corrected chi connectivity index (χ3v) is 6.64. The molecule has 0 unspecified atom stereocenters. The van der Waals surface area contributed by atoms with Crippen LogP contribution >= 0.6 is 11.5 Å². The highest BCUT2D eigenvalue weighted by Crippen LogP contribution is 2.28. The molecule has 0 saturated carbocycles. The second-order valence-electron chi connectivity index (χ2n) is 7.94. The lowest BCUT2D eigenvalue weighted by Gasteiger charge is -2.39. The third-order valence-electron chi connectivity index (χ3n) is 5.87. The highest BCUT2D eigenvalue weighted by molar-refractivity contribution is 7.09. The number of piperidine rings is 1. The second kappa shape index (κ2) is 8.99. The first-order chi connectivity index (χ1) is 14.5. The Morgan fingerprint density at radius 3 is 2.40 bits per heavy atom. The van der Waals surface area contributed by atoms with Crippen LogP contribution in [0.1, 0.15) is 25.3 Å². The summed E-state index contributed by atoms with van der Waals surface area (Å²) in [6.07, 6.45) is 1.65. The van der Waals surface area contributed by atoms with Crippen LogP contribution in [0.2, 0.25) is 0 Å². The maximum Gasteiger partial charge on any atom is 0.243 e.